The molecule has 2 rings (SSSR count). The summed E-state index contributed by atoms with van der Waals surface area (Å²) in [5.41, 5.74) is 7.82. The third kappa shape index (κ3) is 14.8. The quantitative estimate of drug-likeness (QED) is 0.0685. The van der Waals surface area contributed by atoms with Crippen LogP contribution >= 0.6 is 0 Å². The van der Waals surface area contributed by atoms with Gasteiger partial charge >= 0.3 is 23.9 Å². The topological polar surface area (TPSA) is 150 Å². The lowest BCUT2D eigenvalue weighted by Crippen LogP contribution is -2.63. The van der Waals surface area contributed by atoms with Crippen LogP contribution in [0.3, 0.4) is 0 Å². The minimum absolute atomic E-state index is 0.330. The van der Waals surface area contributed by atoms with E-state index in [2.05, 4.69) is 6.92 Å². The van der Waals surface area contributed by atoms with Gasteiger partial charge in [-0.25, -0.2) is 0 Å². The predicted molar refractivity (Wildman–Crippen MR) is 173 cm³/mol. The number of carbonyl (C=O) groups excluding carboxylic acids is 4. The lowest BCUT2D eigenvalue weighted by molar-refractivity contribution is -0.288. The first-order valence-corrected chi connectivity index (χ1v) is 16.9. The normalized spacial score (nSPS) is 20.8. The molecule has 260 valence electrons. The summed E-state index contributed by atoms with van der Waals surface area (Å²) in [5, 5.41) is 0. The number of carbonyl (C=O) groups is 4. The van der Waals surface area contributed by atoms with Crippen molar-refractivity contribution >= 4 is 29.6 Å². The Labute approximate surface area is 274 Å². The number of nitrogen functional groups attached to an aromatic ring is 1. The van der Waals surface area contributed by atoms with Crippen LogP contribution in [0.4, 0.5) is 5.69 Å². The summed E-state index contributed by atoms with van der Waals surface area (Å²) in [6.45, 7) is 6.66. The van der Waals surface area contributed by atoms with Crippen molar-refractivity contribution in [3.8, 4) is 5.75 Å². The Morgan fingerprint density at radius 3 is 1.70 bits per heavy atom. The molecule has 5 unspecified atom stereocenters. The maximum Gasteiger partial charge on any atom is 0.303 e. The van der Waals surface area contributed by atoms with Gasteiger partial charge in [0.05, 0.1) is 0 Å². The number of hydrogen-bond donors (Lipinski definition) is 1. The van der Waals surface area contributed by atoms with E-state index in [0.29, 0.717) is 11.4 Å². The maximum absolute atomic E-state index is 12.1. The van der Waals surface area contributed by atoms with Gasteiger partial charge in [0, 0.05) is 33.4 Å². The van der Waals surface area contributed by atoms with Crippen LogP contribution in [0.25, 0.3) is 0 Å². The van der Waals surface area contributed by atoms with Gasteiger partial charge in [-0.1, -0.05) is 84.0 Å². The van der Waals surface area contributed by atoms with Crippen LogP contribution in [0.2, 0.25) is 0 Å². The van der Waals surface area contributed by atoms with Gasteiger partial charge in [0.2, 0.25) is 12.4 Å². The Kier molecular flexibility index (Phi) is 18.1. The van der Waals surface area contributed by atoms with Crippen LogP contribution in [0.15, 0.2) is 18.2 Å². The highest BCUT2D eigenvalue weighted by molar-refractivity contribution is 5.68. The summed E-state index contributed by atoms with van der Waals surface area (Å²) in [6.07, 6.45) is 11.0. The number of nitrogens with two attached hydrogens (primary N) is 1. The first kappa shape index (κ1) is 38.8. The van der Waals surface area contributed by atoms with Crippen molar-refractivity contribution in [2.24, 2.45) is 0 Å². The first-order valence-electron chi connectivity index (χ1n) is 16.9. The molecule has 2 N–H and O–H groups in total. The smallest absolute Gasteiger partial charge is 0.303 e. The average Bonchev–Trinajstić information content (AvgIpc) is 2.98. The van der Waals surface area contributed by atoms with Gasteiger partial charge in [0.1, 0.15) is 18.5 Å². The molecule has 1 aromatic rings. The number of esters is 4. The number of benzene rings is 1. The second-order valence-electron chi connectivity index (χ2n) is 12.0. The second-order valence-corrected chi connectivity index (χ2v) is 12.0. The fourth-order valence-electron chi connectivity index (χ4n) is 5.62. The summed E-state index contributed by atoms with van der Waals surface area (Å²) in [5.74, 6) is -2.31. The third-order valence-corrected chi connectivity index (χ3v) is 7.86. The van der Waals surface area contributed by atoms with Gasteiger partial charge < -0.3 is 34.2 Å². The maximum atomic E-state index is 12.1. The van der Waals surface area contributed by atoms with Gasteiger partial charge in [-0.15, -0.1) is 0 Å². The van der Waals surface area contributed by atoms with Gasteiger partial charge in [-0.2, -0.15) is 0 Å². The first-order chi connectivity index (χ1) is 22.0. The summed E-state index contributed by atoms with van der Waals surface area (Å²) < 4.78 is 33.7. The molecule has 1 heterocycles. The number of rotatable bonds is 21. The molecule has 46 heavy (non-hydrogen) atoms. The van der Waals surface area contributed by atoms with Crippen LogP contribution in [0.5, 0.6) is 5.75 Å². The fraction of sp³-hybridized carbons (Fsp3) is 0.714. The van der Waals surface area contributed by atoms with E-state index in [4.69, 9.17) is 34.2 Å². The largest absolute Gasteiger partial charge is 0.463 e. The van der Waals surface area contributed by atoms with E-state index >= 15 is 0 Å². The molecule has 1 fully saturated rings. The zero-order valence-corrected chi connectivity index (χ0v) is 28.4. The Morgan fingerprint density at radius 1 is 0.674 bits per heavy atom. The van der Waals surface area contributed by atoms with Gasteiger partial charge in [-0.05, 0) is 36.6 Å². The molecule has 0 radical (unpaired) electrons. The molecule has 11 nitrogen and oxygen atoms in total. The monoisotopic (exact) mass is 649 g/mol. The Hall–Kier alpha value is -3.34. The lowest BCUT2D eigenvalue weighted by atomic mass is 9.98. The van der Waals surface area contributed by atoms with Gasteiger partial charge in [0.25, 0.3) is 0 Å². The highest BCUT2D eigenvalue weighted by atomic mass is 16.7. The average molecular weight is 650 g/mol. The molecule has 0 spiro atoms. The number of ether oxygens (including phenoxy) is 6. The molecule has 1 saturated heterocycles. The number of unbranched alkanes of at least 4 members (excludes halogenated alkanes) is 12. The Balaban J connectivity index is 2.03. The molecular weight excluding hydrogens is 594 g/mol. The minimum atomic E-state index is -1.30. The van der Waals surface area contributed by atoms with E-state index < -0.39 is 54.6 Å². The fourth-order valence-corrected chi connectivity index (χ4v) is 5.62. The zero-order valence-electron chi connectivity index (χ0n) is 28.4. The van der Waals surface area contributed by atoms with Crippen molar-refractivity contribution in [3.05, 3.63) is 23.8 Å². The van der Waals surface area contributed by atoms with E-state index in [1.807, 2.05) is 6.07 Å². The molecule has 0 saturated carbocycles. The van der Waals surface area contributed by atoms with Crippen molar-refractivity contribution in [1.82, 2.24) is 0 Å². The van der Waals surface area contributed by atoms with Crippen LogP contribution < -0.4 is 10.5 Å². The summed E-state index contributed by atoms with van der Waals surface area (Å²) >= 11 is 0. The lowest BCUT2D eigenvalue weighted by Gasteiger charge is -2.43. The van der Waals surface area contributed by atoms with Crippen LogP contribution in [-0.2, 0) is 49.3 Å². The third-order valence-electron chi connectivity index (χ3n) is 7.86. The minimum Gasteiger partial charge on any atom is -0.463 e. The molecule has 0 aromatic heterocycles. The second kappa shape index (κ2) is 21.5. The molecule has 5 atom stereocenters. The summed E-state index contributed by atoms with van der Waals surface area (Å²) in [6, 6.07) is 5.21. The van der Waals surface area contributed by atoms with Gasteiger partial charge in [-0.3, -0.25) is 19.2 Å². The van der Waals surface area contributed by atoms with Crippen LogP contribution in [0, 0.1) is 0 Å². The van der Waals surface area contributed by atoms with Crippen molar-refractivity contribution in [1.29, 1.82) is 0 Å². The van der Waals surface area contributed by atoms with E-state index in [1.165, 1.54) is 98.3 Å². The molecule has 0 aliphatic carbocycles. The van der Waals surface area contributed by atoms with E-state index in [9.17, 15) is 19.2 Å². The molecule has 1 aliphatic rings. The van der Waals surface area contributed by atoms with Crippen LogP contribution in [-0.4, -0.2) is 61.2 Å². The molecule has 0 amide bonds. The van der Waals surface area contributed by atoms with Crippen molar-refractivity contribution < 1.29 is 47.6 Å². The number of aryl methyl sites for hydroxylation is 1. The number of anilines is 1. The molecule has 0 bridgehead atoms. The van der Waals surface area contributed by atoms with Gasteiger partial charge in [0.15, 0.2) is 12.2 Å². The van der Waals surface area contributed by atoms with E-state index in [0.717, 1.165) is 24.8 Å². The molecule has 1 aliphatic heterocycles. The predicted octanol–water partition coefficient (Wildman–Crippen LogP) is 6.36. The highest BCUT2D eigenvalue weighted by Crippen LogP contribution is 2.32. The molecular formula is C35H55NO10. The van der Waals surface area contributed by atoms with E-state index in [1.54, 1.807) is 12.1 Å². The summed E-state index contributed by atoms with van der Waals surface area (Å²) in [4.78, 5) is 47.7. The molecule has 11 heteroatoms. The standard InChI is InChI=1S/C35H55NO10/c1-6-7-8-9-10-11-12-13-14-15-16-17-18-19-28-22-29(20-21-30(28)36)45-35-34(44-27(5)40)33(43-26(4)39)32(42-25(3)38)31(46-35)23-41-24(2)37/h20-22,31-35H,6-19,23,36H2,1-5H3. The van der Waals surface area contributed by atoms with E-state index in [-0.39, 0.29) is 6.61 Å². The van der Waals surface area contributed by atoms with Crippen molar-refractivity contribution in [2.45, 2.75) is 155 Å². The SMILES string of the molecule is CCCCCCCCCCCCCCCc1cc(OC2OC(COC(C)=O)C(OC(C)=O)C(OC(C)=O)C2OC(C)=O)ccc1N. The highest BCUT2D eigenvalue weighted by Gasteiger charge is 2.53. The van der Waals surface area contributed by atoms with Crippen molar-refractivity contribution in [2.75, 3.05) is 12.3 Å². The number of hydrogen-bond acceptors (Lipinski definition) is 11. The summed E-state index contributed by atoms with van der Waals surface area (Å²) in [7, 11) is 0. The Morgan fingerprint density at radius 2 is 1.17 bits per heavy atom. The van der Waals surface area contributed by atoms with Crippen LogP contribution in [0.1, 0.15) is 124 Å². The molecule has 1 aromatic carbocycles. The van der Waals surface area contributed by atoms with Crippen molar-refractivity contribution in [3.63, 3.8) is 0 Å². The zero-order chi connectivity index (χ0) is 33.9. The Bertz CT molecular complexity index is 1090.